The summed E-state index contributed by atoms with van der Waals surface area (Å²) in [6, 6.07) is 8.68. The van der Waals surface area contributed by atoms with Crippen LogP contribution in [-0.2, 0) is 4.79 Å². The topological polar surface area (TPSA) is 79.7 Å². The number of aromatic nitrogens is 5. The third-order valence-electron chi connectivity index (χ3n) is 5.79. The predicted molar refractivity (Wildman–Crippen MR) is 121 cm³/mol. The van der Waals surface area contributed by atoms with Gasteiger partial charge < -0.3 is 9.88 Å². The second kappa shape index (κ2) is 9.20. The Kier molecular flexibility index (Phi) is 6.41. The van der Waals surface area contributed by atoms with Crippen molar-refractivity contribution in [3.05, 3.63) is 30.5 Å². The Hall–Kier alpha value is -2.35. The van der Waals surface area contributed by atoms with Gasteiger partial charge in [-0.05, 0) is 66.8 Å². The Balaban J connectivity index is 1.53. The first-order chi connectivity index (χ1) is 14.5. The van der Waals surface area contributed by atoms with Crippen molar-refractivity contribution >= 4 is 34.3 Å². The van der Waals surface area contributed by atoms with Crippen LogP contribution in [0.15, 0.2) is 35.6 Å². The fourth-order valence-corrected chi connectivity index (χ4v) is 5.28. The van der Waals surface area contributed by atoms with Gasteiger partial charge in [-0.15, -0.1) is 5.10 Å². The molecular formula is C22H30N6OS. The summed E-state index contributed by atoms with van der Waals surface area (Å²) in [6.07, 6.45) is 7.53. The number of rotatable bonds is 8. The Morgan fingerprint density at radius 1 is 1.27 bits per heavy atom. The average molecular weight is 427 g/mol. The molecule has 1 N–H and O–H groups in total. The van der Waals surface area contributed by atoms with E-state index in [-0.39, 0.29) is 11.9 Å². The van der Waals surface area contributed by atoms with Gasteiger partial charge in [0, 0.05) is 28.8 Å². The van der Waals surface area contributed by atoms with Crippen molar-refractivity contribution in [3.8, 4) is 0 Å². The fourth-order valence-electron chi connectivity index (χ4n) is 4.48. The van der Waals surface area contributed by atoms with E-state index >= 15 is 0 Å². The summed E-state index contributed by atoms with van der Waals surface area (Å²) in [5, 5.41) is 14.1. The molecule has 1 fully saturated rings. The van der Waals surface area contributed by atoms with Crippen molar-refractivity contribution in [3.63, 3.8) is 0 Å². The number of H-pyrrole nitrogens is 1. The second-order valence-corrected chi connectivity index (χ2v) is 9.57. The largest absolute Gasteiger partial charge is 0.361 e. The lowest BCUT2D eigenvalue weighted by molar-refractivity contribution is -0.116. The Morgan fingerprint density at radius 2 is 2.07 bits per heavy atom. The first-order valence-corrected chi connectivity index (χ1v) is 11.8. The molecule has 0 aliphatic heterocycles. The molecule has 3 aromatic rings. The molecule has 0 bridgehead atoms. The van der Waals surface area contributed by atoms with Crippen molar-refractivity contribution in [2.75, 3.05) is 10.7 Å². The molecule has 1 amide bonds. The third-order valence-corrected chi connectivity index (χ3v) is 6.71. The summed E-state index contributed by atoms with van der Waals surface area (Å²) in [6.45, 7) is 6.52. The minimum atomic E-state index is 0.0870. The number of tetrazole rings is 1. The Labute approximate surface area is 181 Å². The molecule has 1 saturated carbocycles. The lowest BCUT2D eigenvalue weighted by atomic mass is 10.0. The Bertz CT molecular complexity index is 990. The zero-order valence-electron chi connectivity index (χ0n) is 17.9. The van der Waals surface area contributed by atoms with E-state index in [1.54, 1.807) is 0 Å². The molecule has 0 radical (unpaired) electrons. The van der Waals surface area contributed by atoms with Gasteiger partial charge in [-0.1, -0.05) is 38.5 Å². The van der Waals surface area contributed by atoms with Crippen LogP contribution in [0.2, 0.25) is 0 Å². The van der Waals surface area contributed by atoms with Gasteiger partial charge in [-0.2, -0.15) is 0 Å². The van der Waals surface area contributed by atoms with Crippen molar-refractivity contribution < 1.29 is 4.79 Å². The smallest absolute Gasteiger partial charge is 0.237 e. The molecule has 1 aromatic carbocycles. The lowest BCUT2D eigenvalue weighted by Crippen LogP contribution is -2.40. The minimum absolute atomic E-state index is 0.0870. The maximum Gasteiger partial charge on any atom is 0.237 e. The van der Waals surface area contributed by atoms with Gasteiger partial charge in [-0.3, -0.25) is 4.79 Å². The number of thioether (sulfide) groups is 1. The molecule has 0 saturated heterocycles. The molecule has 7 nitrogen and oxygen atoms in total. The molecule has 0 spiro atoms. The first kappa shape index (κ1) is 20.9. The summed E-state index contributed by atoms with van der Waals surface area (Å²) in [7, 11) is 0. The number of amides is 1. The molecule has 4 rings (SSSR count). The monoisotopic (exact) mass is 426 g/mol. The number of benzene rings is 1. The highest BCUT2D eigenvalue weighted by atomic mass is 32.2. The van der Waals surface area contributed by atoms with Crippen LogP contribution < -0.4 is 4.90 Å². The molecule has 2 aromatic heterocycles. The number of carbonyl (C=O) groups excluding carboxylic acids is 1. The normalized spacial score (nSPS) is 15.9. The van der Waals surface area contributed by atoms with Crippen LogP contribution in [-0.4, -0.2) is 42.9 Å². The molecule has 30 heavy (non-hydrogen) atoms. The predicted octanol–water partition coefficient (Wildman–Crippen LogP) is 4.83. The summed E-state index contributed by atoms with van der Waals surface area (Å²) in [5.41, 5.74) is 2.02. The second-order valence-electron chi connectivity index (χ2n) is 8.62. The first-order valence-electron chi connectivity index (χ1n) is 10.8. The van der Waals surface area contributed by atoms with Crippen LogP contribution in [0.3, 0.4) is 0 Å². The number of aromatic amines is 1. The number of hydrogen-bond acceptors (Lipinski definition) is 5. The van der Waals surface area contributed by atoms with E-state index in [9.17, 15) is 4.79 Å². The molecule has 1 aliphatic carbocycles. The van der Waals surface area contributed by atoms with E-state index in [1.807, 2.05) is 34.0 Å². The van der Waals surface area contributed by atoms with Crippen LogP contribution in [0.25, 0.3) is 10.9 Å². The molecule has 2 heterocycles. The SMILES string of the molecule is CC(C)CC(C)N(C(=O)CSc1nnnn1C1CCCC1)c1ccc2[nH]ccc2c1. The highest BCUT2D eigenvalue weighted by molar-refractivity contribution is 7.99. The summed E-state index contributed by atoms with van der Waals surface area (Å²) >= 11 is 1.44. The number of fused-ring (bicyclic) bond motifs is 1. The highest BCUT2D eigenvalue weighted by Crippen LogP contribution is 2.32. The van der Waals surface area contributed by atoms with Crippen molar-refractivity contribution in [1.29, 1.82) is 0 Å². The number of carbonyl (C=O) groups is 1. The van der Waals surface area contributed by atoms with Crippen molar-refractivity contribution in [2.24, 2.45) is 5.92 Å². The molecule has 160 valence electrons. The standard InChI is InChI=1S/C22H30N6OS/c1-15(2)12-16(3)27(19-8-9-20-17(13-19)10-11-23-20)21(29)14-30-22-24-25-26-28(22)18-6-4-5-7-18/h8-11,13,15-16,18,23H,4-7,12,14H2,1-3H3. The van der Waals surface area contributed by atoms with Crippen molar-refractivity contribution in [2.45, 2.75) is 70.1 Å². The van der Waals surface area contributed by atoms with Crippen LogP contribution >= 0.6 is 11.8 Å². The maximum absolute atomic E-state index is 13.4. The van der Waals surface area contributed by atoms with Gasteiger partial charge >= 0.3 is 0 Å². The van der Waals surface area contributed by atoms with E-state index in [1.165, 1.54) is 24.6 Å². The quantitative estimate of drug-likeness (QED) is 0.522. The third kappa shape index (κ3) is 4.53. The van der Waals surface area contributed by atoms with E-state index in [0.29, 0.717) is 17.7 Å². The zero-order chi connectivity index (χ0) is 21.1. The average Bonchev–Trinajstić information content (AvgIpc) is 3.45. The van der Waals surface area contributed by atoms with E-state index in [0.717, 1.165) is 41.0 Å². The molecule has 1 atom stereocenters. The number of nitrogens with zero attached hydrogens (tertiary/aromatic N) is 5. The number of hydrogen-bond donors (Lipinski definition) is 1. The molecular weight excluding hydrogens is 396 g/mol. The van der Waals surface area contributed by atoms with Crippen LogP contribution in [0.4, 0.5) is 5.69 Å². The van der Waals surface area contributed by atoms with Gasteiger partial charge in [0.1, 0.15) is 0 Å². The fraction of sp³-hybridized carbons (Fsp3) is 0.545. The number of anilines is 1. The van der Waals surface area contributed by atoms with Crippen LogP contribution in [0.5, 0.6) is 0 Å². The summed E-state index contributed by atoms with van der Waals surface area (Å²) < 4.78 is 1.92. The lowest BCUT2D eigenvalue weighted by Gasteiger charge is -2.30. The molecule has 1 aliphatic rings. The van der Waals surface area contributed by atoms with E-state index in [4.69, 9.17) is 0 Å². The van der Waals surface area contributed by atoms with Crippen LogP contribution in [0, 0.1) is 5.92 Å². The summed E-state index contributed by atoms with van der Waals surface area (Å²) in [4.78, 5) is 18.6. The Morgan fingerprint density at radius 3 is 2.83 bits per heavy atom. The van der Waals surface area contributed by atoms with Gasteiger partial charge in [-0.25, -0.2) is 4.68 Å². The summed E-state index contributed by atoms with van der Waals surface area (Å²) in [5.74, 6) is 0.915. The highest BCUT2D eigenvalue weighted by Gasteiger charge is 2.26. The zero-order valence-corrected chi connectivity index (χ0v) is 18.7. The van der Waals surface area contributed by atoms with E-state index in [2.05, 4.69) is 47.3 Å². The number of nitrogens with one attached hydrogen (secondary N) is 1. The van der Waals surface area contributed by atoms with Gasteiger partial charge in [0.25, 0.3) is 0 Å². The maximum atomic E-state index is 13.4. The molecule has 8 heteroatoms. The van der Waals surface area contributed by atoms with Gasteiger partial charge in [0.05, 0.1) is 11.8 Å². The van der Waals surface area contributed by atoms with Gasteiger partial charge in [0.15, 0.2) is 0 Å². The van der Waals surface area contributed by atoms with Gasteiger partial charge in [0.2, 0.25) is 11.1 Å². The molecule has 1 unspecified atom stereocenters. The minimum Gasteiger partial charge on any atom is -0.361 e. The van der Waals surface area contributed by atoms with E-state index < -0.39 is 0 Å². The van der Waals surface area contributed by atoms with Crippen LogP contribution in [0.1, 0.15) is 58.9 Å². The van der Waals surface area contributed by atoms with Crippen molar-refractivity contribution in [1.82, 2.24) is 25.2 Å².